The van der Waals surface area contributed by atoms with E-state index >= 15 is 0 Å². The first kappa shape index (κ1) is 15.2. The lowest BCUT2D eigenvalue weighted by atomic mass is 9.97. The molecule has 0 aliphatic carbocycles. The van der Waals surface area contributed by atoms with Gasteiger partial charge in [-0.2, -0.15) is 5.10 Å². The lowest BCUT2D eigenvalue weighted by Gasteiger charge is -2.24. The second kappa shape index (κ2) is 6.58. The Morgan fingerprint density at radius 2 is 2.45 bits per heavy atom. The number of hydrogen-bond acceptors (Lipinski definition) is 5. The highest BCUT2D eigenvalue weighted by Crippen LogP contribution is 2.35. The van der Waals surface area contributed by atoms with Crippen molar-refractivity contribution in [1.29, 1.82) is 0 Å². The molecule has 2 aromatic heterocycles. The van der Waals surface area contributed by atoms with E-state index in [9.17, 15) is 4.79 Å². The Balaban J connectivity index is 1.73. The maximum Gasteiger partial charge on any atom is 0.228 e. The van der Waals surface area contributed by atoms with Crippen molar-refractivity contribution in [1.82, 2.24) is 19.7 Å². The van der Waals surface area contributed by atoms with Crippen molar-refractivity contribution >= 4 is 17.2 Å². The summed E-state index contributed by atoms with van der Waals surface area (Å²) in [5, 5.41) is 6.25. The second-order valence-electron chi connectivity index (χ2n) is 5.43. The van der Waals surface area contributed by atoms with Gasteiger partial charge >= 0.3 is 0 Å². The quantitative estimate of drug-likeness (QED) is 0.846. The van der Waals surface area contributed by atoms with Crippen molar-refractivity contribution in [3.8, 4) is 0 Å². The highest BCUT2D eigenvalue weighted by molar-refractivity contribution is 7.07. The van der Waals surface area contributed by atoms with E-state index in [4.69, 9.17) is 4.74 Å². The number of nitrogens with zero attached hydrogens (tertiary/aromatic N) is 4. The maximum atomic E-state index is 12.8. The van der Waals surface area contributed by atoms with Crippen LogP contribution >= 0.6 is 11.3 Å². The van der Waals surface area contributed by atoms with Crippen LogP contribution in [0.5, 0.6) is 0 Å². The van der Waals surface area contributed by atoms with Crippen LogP contribution in [-0.4, -0.2) is 39.2 Å². The molecule has 3 rings (SSSR count). The molecule has 118 valence electrons. The molecular weight excluding hydrogens is 300 g/mol. The van der Waals surface area contributed by atoms with Crippen LogP contribution in [0.1, 0.15) is 30.8 Å². The Bertz CT molecular complexity index is 625. The van der Waals surface area contributed by atoms with Gasteiger partial charge < -0.3 is 9.64 Å². The molecule has 1 aliphatic rings. The Morgan fingerprint density at radius 1 is 1.59 bits per heavy atom. The third kappa shape index (κ3) is 2.91. The highest BCUT2D eigenvalue weighted by Gasteiger charge is 2.38. The van der Waals surface area contributed by atoms with Gasteiger partial charge in [-0.15, -0.1) is 11.3 Å². The first-order chi connectivity index (χ1) is 10.7. The Kier molecular flexibility index (Phi) is 4.54. The SMILES string of the molecule is CCn1nccc1[C@@H]1OCC[C@H]1C(=O)N(C)Cc1cscn1. The molecule has 7 heteroatoms. The number of rotatable bonds is 5. The summed E-state index contributed by atoms with van der Waals surface area (Å²) >= 11 is 1.54. The molecule has 1 fully saturated rings. The molecule has 0 radical (unpaired) electrons. The number of aryl methyl sites for hydroxylation is 1. The fraction of sp³-hybridized carbons (Fsp3) is 0.533. The van der Waals surface area contributed by atoms with Crippen molar-refractivity contribution in [2.75, 3.05) is 13.7 Å². The normalized spacial score (nSPS) is 21.2. The molecule has 3 heterocycles. The van der Waals surface area contributed by atoms with Gasteiger partial charge in [0.05, 0.1) is 29.4 Å². The standard InChI is InChI=1S/C15H20N4O2S/c1-3-19-13(4-6-17-19)14-12(5-7-21-14)15(20)18(2)8-11-9-22-10-16-11/h4,6,9-10,12,14H,3,5,7-8H2,1-2H3/t12-,14-/m1/s1. The Labute approximate surface area is 133 Å². The summed E-state index contributed by atoms with van der Waals surface area (Å²) in [5.41, 5.74) is 3.70. The minimum absolute atomic E-state index is 0.111. The molecule has 0 unspecified atom stereocenters. The fourth-order valence-electron chi connectivity index (χ4n) is 2.90. The van der Waals surface area contributed by atoms with Gasteiger partial charge in [0.15, 0.2) is 0 Å². The molecular formula is C15H20N4O2S. The van der Waals surface area contributed by atoms with Gasteiger partial charge in [-0.3, -0.25) is 9.48 Å². The number of amides is 1. The van der Waals surface area contributed by atoms with Crippen molar-refractivity contribution in [2.45, 2.75) is 32.5 Å². The molecule has 2 atom stereocenters. The first-order valence-electron chi connectivity index (χ1n) is 7.46. The molecule has 0 spiro atoms. The van der Waals surface area contributed by atoms with E-state index in [0.717, 1.165) is 24.4 Å². The molecule has 0 bridgehead atoms. The molecule has 1 saturated heterocycles. The lowest BCUT2D eigenvalue weighted by molar-refractivity contribution is -0.136. The van der Waals surface area contributed by atoms with Gasteiger partial charge in [0.25, 0.3) is 0 Å². The van der Waals surface area contributed by atoms with Crippen LogP contribution in [-0.2, 0) is 22.6 Å². The average Bonchev–Trinajstić information content (AvgIpc) is 3.25. The zero-order chi connectivity index (χ0) is 15.5. The van der Waals surface area contributed by atoms with Gasteiger partial charge in [-0.25, -0.2) is 4.98 Å². The van der Waals surface area contributed by atoms with E-state index in [1.54, 1.807) is 27.9 Å². The van der Waals surface area contributed by atoms with E-state index < -0.39 is 0 Å². The van der Waals surface area contributed by atoms with E-state index in [-0.39, 0.29) is 17.9 Å². The zero-order valence-corrected chi connectivity index (χ0v) is 13.6. The fourth-order valence-corrected chi connectivity index (χ4v) is 3.45. The molecule has 2 aromatic rings. The highest BCUT2D eigenvalue weighted by atomic mass is 32.1. The third-order valence-electron chi connectivity index (χ3n) is 4.01. The maximum absolute atomic E-state index is 12.8. The van der Waals surface area contributed by atoms with Crippen molar-refractivity contribution in [2.24, 2.45) is 5.92 Å². The first-order valence-corrected chi connectivity index (χ1v) is 8.40. The number of carbonyl (C=O) groups excluding carboxylic acids is 1. The van der Waals surface area contributed by atoms with Crippen LogP contribution in [0.15, 0.2) is 23.2 Å². The molecule has 22 heavy (non-hydrogen) atoms. The van der Waals surface area contributed by atoms with E-state index in [1.165, 1.54) is 0 Å². The second-order valence-corrected chi connectivity index (χ2v) is 6.15. The Morgan fingerprint density at radius 3 is 3.18 bits per heavy atom. The van der Waals surface area contributed by atoms with Gasteiger partial charge in [-0.05, 0) is 19.4 Å². The van der Waals surface area contributed by atoms with Crippen LogP contribution in [0.25, 0.3) is 0 Å². The minimum Gasteiger partial charge on any atom is -0.371 e. The van der Waals surface area contributed by atoms with Gasteiger partial charge in [0.1, 0.15) is 6.10 Å². The largest absolute Gasteiger partial charge is 0.371 e. The predicted molar refractivity (Wildman–Crippen MR) is 83.3 cm³/mol. The number of aromatic nitrogens is 3. The summed E-state index contributed by atoms with van der Waals surface area (Å²) in [5.74, 6) is -0.0370. The van der Waals surface area contributed by atoms with Gasteiger partial charge in [0, 0.05) is 31.8 Å². The molecule has 0 aromatic carbocycles. The lowest BCUT2D eigenvalue weighted by Crippen LogP contribution is -2.34. The third-order valence-corrected chi connectivity index (χ3v) is 4.64. The van der Waals surface area contributed by atoms with Gasteiger partial charge in [-0.1, -0.05) is 0 Å². The van der Waals surface area contributed by atoms with Crippen molar-refractivity contribution in [3.05, 3.63) is 34.5 Å². The summed E-state index contributed by atoms with van der Waals surface area (Å²) in [6.45, 7) is 3.97. The van der Waals surface area contributed by atoms with Crippen LogP contribution in [0.3, 0.4) is 0 Å². The summed E-state index contributed by atoms with van der Waals surface area (Å²) in [6.07, 6.45) is 2.31. The number of carbonyl (C=O) groups is 1. The topological polar surface area (TPSA) is 60.3 Å². The number of ether oxygens (including phenoxy) is 1. The number of thiazole rings is 1. The van der Waals surface area contributed by atoms with E-state index in [2.05, 4.69) is 10.1 Å². The molecule has 1 aliphatic heterocycles. The summed E-state index contributed by atoms with van der Waals surface area (Å²) in [6, 6.07) is 1.94. The zero-order valence-electron chi connectivity index (χ0n) is 12.8. The average molecular weight is 320 g/mol. The smallest absolute Gasteiger partial charge is 0.228 e. The summed E-state index contributed by atoms with van der Waals surface area (Å²) < 4.78 is 7.74. The molecule has 0 saturated carbocycles. The van der Waals surface area contributed by atoms with Crippen molar-refractivity contribution in [3.63, 3.8) is 0 Å². The van der Waals surface area contributed by atoms with Crippen LogP contribution in [0.2, 0.25) is 0 Å². The number of hydrogen-bond donors (Lipinski definition) is 0. The van der Waals surface area contributed by atoms with Crippen LogP contribution in [0, 0.1) is 5.92 Å². The molecule has 0 N–H and O–H groups in total. The van der Waals surface area contributed by atoms with Crippen molar-refractivity contribution < 1.29 is 9.53 Å². The van der Waals surface area contributed by atoms with E-state index in [1.807, 2.05) is 30.1 Å². The molecule has 1 amide bonds. The van der Waals surface area contributed by atoms with Crippen LogP contribution in [0.4, 0.5) is 0 Å². The predicted octanol–water partition coefficient (Wildman–Crippen LogP) is 2.10. The summed E-state index contributed by atoms with van der Waals surface area (Å²) in [4.78, 5) is 18.8. The van der Waals surface area contributed by atoms with Gasteiger partial charge in [0.2, 0.25) is 5.91 Å². The Hall–Kier alpha value is -1.73. The monoisotopic (exact) mass is 320 g/mol. The summed E-state index contributed by atoms with van der Waals surface area (Å²) in [7, 11) is 1.83. The molecule has 6 nitrogen and oxygen atoms in total. The van der Waals surface area contributed by atoms with E-state index in [0.29, 0.717) is 13.2 Å². The van der Waals surface area contributed by atoms with Crippen LogP contribution < -0.4 is 0 Å². The minimum atomic E-state index is -0.201.